The van der Waals surface area contributed by atoms with Gasteiger partial charge in [0.15, 0.2) is 0 Å². The van der Waals surface area contributed by atoms with E-state index in [0.717, 1.165) is 0 Å². The van der Waals surface area contributed by atoms with E-state index in [9.17, 15) is 21.3 Å². The van der Waals surface area contributed by atoms with Crippen molar-refractivity contribution < 1.29 is 81.9 Å². The van der Waals surface area contributed by atoms with Crippen molar-refractivity contribution in [3.8, 4) is 0 Å². The molecule has 0 bridgehead atoms. The van der Waals surface area contributed by atoms with Crippen LogP contribution in [0.1, 0.15) is 2.85 Å². The van der Waals surface area contributed by atoms with Crippen LogP contribution in [0.3, 0.4) is 0 Å². The molecule has 31 heavy (non-hydrogen) atoms. The molecule has 4 atom stereocenters. The van der Waals surface area contributed by atoms with Crippen LogP contribution in [-0.2, 0) is 32.4 Å². The standard InChI is InChI=1S/C6H14O6.C2H5NO2.2Al.Ca.O5Si2.2H2O.2O.2H/c7-1-3(9)5(11)6(12)4(10)2-8;3-1-2(4)5;;;;1-6(2)5-7(3)4;;;;;;/h3-12H,1-2H2;1,3H2,(H,4,5);;;;;2*1H2;;;;/q;;2*+1;+2;-2;;;;;2*-1. The summed E-state index contributed by atoms with van der Waals surface area (Å²) in [5, 5.41) is 59.8. The number of aliphatic hydroxyl groups is 6. The topological polar surface area (TPSA) is 344 Å². The third-order valence-corrected chi connectivity index (χ3v) is 5.79. The number of carboxylic acids is 1. The Kier molecular flexibility index (Phi) is 44.3. The summed E-state index contributed by atoms with van der Waals surface area (Å²) in [6, 6.07) is 0. The van der Waals surface area contributed by atoms with Crippen LogP contribution >= 0.6 is 0 Å². The summed E-state index contributed by atoms with van der Waals surface area (Å²) >= 11 is -3.33. The van der Waals surface area contributed by atoms with Gasteiger partial charge in [-0.05, 0) is 0 Å². The number of carboxylic acid groups (broad SMARTS) is 1. The number of hydrogen-bond acceptors (Lipinski definition) is 15. The van der Waals surface area contributed by atoms with E-state index >= 15 is 0 Å². The van der Waals surface area contributed by atoms with Gasteiger partial charge in [0.25, 0.3) is 0 Å². The second kappa shape index (κ2) is 30.5. The first-order valence-electron chi connectivity index (χ1n) is 6.84. The first-order valence-corrected chi connectivity index (χ1v) is 11.2. The summed E-state index contributed by atoms with van der Waals surface area (Å²) in [5.74, 6) is -0.968. The molecule has 23 heteroatoms. The summed E-state index contributed by atoms with van der Waals surface area (Å²) in [5.41, 5.74) is 4.57. The van der Waals surface area contributed by atoms with Gasteiger partial charge in [-0.25, -0.2) is 0 Å². The van der Waals surface area contributed by atoms with E-state index in [1.54, 1.807) is 0 Å². The van der Waals surface area contributed by atoms with Crippen molar-refractivity contribution in [3.63, 3.8) is 0 Å². The normalized spacial score (nSPS) is 12.0. The molecule has 0 aromatic rings. The van der Waals surface area contributed by atoms with E-state index in [1.165, 1.54) is 0 Å². The zero-order valence-electron chi connectivity index (χ0n) is 17.8. The van der Waals surface area contributed by atoms with Gasteiger partial charge in [-0.2, -0.15) is 0 Å². The number of aliphatic hydroxyl groups excluding tert-OH is 6. The van der Waals surface area contributed by atoms with Crippen molar-refractivity contribution in [1.82, 2.24) is 0 Å². The Bertz CT molecular complexity index is 470. The predicted molar refractivity (Wildman–Crippen MR) is 99.1 cm³/mol. The molecule has 18 nitrogen and oxygen atoms in total. The molecule has 0 aliphatic rings. The van der Waals surface area contributed by atoms with Crippen LogP contribution < -0.4 is 5.73 Å². The summed E-state index contributed by atoms with van der Waals surface area (Å²) in [6.07, 6.45) is -6.39. The molecule has 13 N–H and O–H groups in total. The minimum absolute atomic E-state index is 0. The number of rotatable bonds is 12. The molecular formula is C8H25Al2CaNO17Si2. The zero-order valence-corrected chi connectivity index (χ0v) is 22.3. The van der Waals surface area contributed by atoms with Crippen molar-refractivity contribution in [1.29, 1.82) is 0 Å². The first kappa shape index (κ1) is 45.0. The summed E-state index contributed by atoms with van der Waals surface area (Å²) < 4.78 is 52.0. The van der Waals surface area contributed by atoms with Gasteiger partial charge in [-0.15, -0.1) is 0 Å². The number of aliphatic carboxylic acids is 1. The first-order chi connectivity index (χ1) is 13.0. The van der Waals surface area contributed by atoms with Crippen LogP contribution in [0.4, 0.5) is 0 Å². The average Bonchev–Trinajstić information content (AvgIpc) is 2.66. The fourth-order valence-electron chi connectivity index (χ4n) is 0.866. The zero-order chi connectivity index (χ0) is 22.7. The second-order valence-corrected chi connectivity index (χ2v) is 8.20. The number of carbonyl (C=O) groups is 1. The summed E-state index contributed by atoms with van der Waals surface area (Å²) in [4.78, 5) is 9.24. The molecule has 0 fully saturated rings. The molecule has 0 saturated heterocycles. The minimum atomic E-state index is -3.00. The van der Waals surface area contributed by atoms with Crippen LogP contribution in [0.15, 0.2) is 0 Å². The van der Waals surface area contributed by atoms with Gasteiger partial charge < -0.3 is 55.3 Å². The number of nitrogens with two attached hydrogens (primary N) is 1. The van der Waals surface area contributed by atoms with E-state index < -0.39 is 92.9 Å². The van der Waals surface area contributed by atoms with Gasteiger partial charge in [-0.1, -0.05) is 0 Å². The van der Waals surface area contributed by atoms with Crippen molar-refractivity contribution >= 4 is 93.0 Å². The van der Waals surface area contributed by atoms with Crippen molar-refractivity contribution in [2.24, 2.45) is 5.73 Å². The molecule has 0 aromatic heterocycles. The van der Waals surface area contributed by atoms with Gasteiger partial charge in [0, 0.05) is 0 Å². The Balaban J connectivity index is -0.0000000467. The second-order valence-electron chi connectivity index (χ2n) is 4.11. The molecule has 0 heterocycles. The Morgan fingerprint density at radius 3 is 1.32 bits per heavy atom. The van der Waals surface area contributed by atoms with Crippen LogP contribution in [-0.4, -0.2) is 184 Å². The molecule has 4 unspecified atom stereocenters. The average molecular weight is 557 g/mol. The molecule has 180 valence electrons. The molecule has 0 rings (SSSR count). The molecule has 0 aliphatic carbocycles. The number of hydrogen-bond donors (Lipinski definition) is 8. The van der Waals surface area contributed by atoms with Gasteiger partial charge in [0.05, 0.1) is 19.8 Å². The van der Waals surface area contributed by atoms with Gasteiger partial charge in [0.1, 0.15) is 24.4 Å². The predicted octanol–water partition coefficient (Wildman–Crippen LogP) is -8.56. The molecule has 0 aromatic carbocycles. The molecule has 0 saturated carbocycles. The summed E-state index contributed by atoms with van der Waals surface area (Å²) in [7, 11) is -6.01. The van der Waals surface area contributed by atoms with Crippen molar-refractivity contribution in [2.75, 3.05) is 19.8 Å². The van der Waals surface area contributed by atoms with Crippen molar-refractivity contribution in [2.45, 2.75) is 24.4 Å². The van der Waals surface area contributed by atoms with Gasteiger partial charge >= 0.3 is 121 Å². The Morgan fingerprint density at radius 1 is 0.903 bits per heavy atom. The van der Waals surface area contributed by atoms with E-state index in [-0.39, 0.29) is 58.1 Å². The van der Waals surface area contributed by atoms with Crippen LogP contribution in [0.5, 0.6) is 0 Å². The third-order valence-electron chi connectivity index (χ3n) is 2.14. The van der Waals surface area contributed by atoms with Gasteiger partial charge in [-0.3, -0.25) is 4.79 Å². The maximum atomic E-state index is 10.3. The van der Waals surface area contributed by atoms with E-state index in [2.05, 4.69) is 16.8 Å². The fraction of sp³-hybridized carbons (Fsp3) is 0.875. The van der Waals surface area contributed by atoms with Crippen LogP contribution in [0.25, 0.3) is 0 Å². The SMILES string of the molecule is NCC(=O)O.O.O.OCC(O)C(O)C(O)C(O)CO.[Ca+2].[H-].[H-].[O]=[Al][O][Si](=O)O[Si](=O)[O][Al]=[O]. The van der Waals surface area contributed by atoms with E-state index in [4.69, 9.17) is 35.7 Å². The van der Waals surface area contributed by atoms with Crippen LogP contribution in [0.2, 0.25) is 0 Å². The fourth-order valence-corrected chi connectivity index (χ4v) is 3.29. The molecule has 0 spiro atoms. The monoisotopic (exact) mass is 557 g/mol. The summed E-state index contributed by atoms with van der Waals surface area (Å²) in [6.45, 7) is -1.73. The van der Waals surface area contributed by atoms with Crippen molar-refractivity contribution in [3.05, 3.63) is 0 Å². The Hall–Kier alpha value is 0.468. The Morgan fingerprint density at radius 2 is 1.16 bits per heavy atom. The Labute approximate surface area is 223 Å². The molecular weight excluding hydrogens is 532 g/mol. The van der Waals surface area contributed by atoms with Crippen LogP contribution in [0, 0.1) is 0 Å². The maximum absolute atomic E-state index is 10.3. The molecule has 0 radical (unpaired) electrons. The quantitative estimate of drug-likeness (QED) is 0.103. The van der Waals surface area contributed by atoms with E-state index in [1.807, 2.05) is 0 Å². The molecule has 0 amide bonds. The third kappa shape index (κ3) is 30.5. The van der Waals surface area contributed by atoms with Gasteiger partial charge in [0.2, 0.25) is 0 Å². The molecule has 0 aliphatic heterocycles. The van der Waals surface area contributed by atoms with E-state index in [0.29, 0.717) is 0 Å².